The average molecular weight is 305 g/mol. The first-order valence-corrected chi connectivity index (χ1v) is 6.76. The Morgan fingerprint density at radius 3 is 2.71 bits per heavy atom. The summed E-state index contributed by atoms with van der Waals surface area (Å²) in [5.41, 5.74) is 8.96. The number of nitrogens with one attached hydrogen (secondary N) is 1. The molecule has 0 saturated heterocycles. The number of pyridine rings is 1. The Hall–Kier alpha value is -2.27. The maximum Gasteiger partial charge on any atom is 0.257 e. The Labute approximate surface area is 128 Å². The number of nitrogens with zero attached hydrogens (tertiary/aromatic N) is 2. The lowest BCUT2D eigenvalue weighted by Gasteiger charge is -2.18. The number of rotatable bonds is 3. The van der Waals surface area contributed by atoms with E-state index < -0.39 is 0 Å². The molecule has 0 spiro atoms. The molecule has 0 bridgehead atoms. The summed E-state index contributed by atoms with van der Waals surface area (Å²) >= 11 is 6.00. The van der Waals surface area contributed by atoms with Crippen molar-refractivity contribution in [1.82, 2.24) is 4.98 Å². The van der Waals surface area contributed by atoms with Gasteiger partial charge in [0.05, 0.1) is 11.3 Å². The average Bonchev–Trinajstić information content (AvgIpc) is 2.42. The quantitative estimate of drug-likeness (QED) is 0.675. The van der Waals surface area contributed by atoms with E-state index in [2.05, 4.69) is 10.3 Å². The van der Waals surface area contributed by atoms with Crippen molar-refractivity contribution in [2.24, 2.45) is 0 Å². The van der Waals surface area contributed by atoms with Gasteiger partial charge in [0.2, 0.25) is 0 Å². The van der Waals surface area contributed by atoms with Gasteiger partial charge in [-0.1, -0.05) is 11.6 Å². The van der Waals surface area contributed by atoms with E-state index >= 15 is 0 Å². The molecule has 0 unspecified atom stereocenters. The SMILES string of the molecule is Cc1cnc(Cl)c(NC(=O)c2cc(N)ccc2N(C)C)c1. The van der Waals surface area contributed by atoms with Crippen molar-refractivity contribution < 1.29 is 4.79 Å². The number of aromatic nitrogens is 1. The lowest BCUT2D eigenvalue weighted by Crippen LogP contribution is -2.19. The molecule has 6 heteroatoms. The molecule has 1 aromatic heterocycles. The van der Waals surface area contributed by atoms with E-state index in [1.165, 1.54) is 0 Å². The minimum absolute atomic E-state index is 0.254. The Morgan fingerprint density at radius 2 is 2.05 bits per heavy atom. The third kappa shape index (κ3) is 3.44. The van der Waals surface area contributed by atoms with Crippen LogP contribution in [0.15, 0.2) is 30.5 Å². The van der Waals surface area contributed by atoms with Gasteiger partial charge in [-0.25, -0.2) is 4.98 Å². The summed E-state index contributed by atoms with van der Waals surface area (Å²) in [5, 5.41) is 3.03. The summed E-state index contributed by atoms with van der Waals surface area (Å²) in [4.78, 5) is 18.3. The van der Waals surface area contributed by atoms with Crippen LogP contribution in [0.5, 0.6) is 0 Å². The van der Waals surface area contributed by atoms with Crippen LogP contribution >= 0.6 is 11.6 Å². The maximum absolute atomic E-state index is 12.5. The van der Waals surface area contributed by atoms with Crippen LogP contribution in [0.4, 0.5) is 17.1 Å². The van der Waals surface area contributed by atoms with Crippen molar-refractivity contribution in [3.63, 3.8) is 0 Å². The van der Waals surface area contributed by atoms with E-state index in [4.69, 9.17) is 17.3 Å². The fourth-order valence-corrected chi connectivity index (χ4v) is 2.11. The van der Waals surface area contributed by atoms with Crippen LogP contribution in [0.1, 0.15) is 15.9 Å². The zero-order valence-corrected chi connectivity index (χ0v) is 12.9. The van der Waals surface area contributed by atoms with Crippen molar-refractivity contribution in [1.29, 1.82) is 0 Å². The maximum atomic E-state index is 12.5. The standard InChI is InChI=1S/C15H17ClN4O/c1-9-6-12(14(16)18-8-9)19-15(21)11-7-10(17)4-5-13(11)20(2)3/h4-8H,17H2,1-3H3,(H,19,21). The van der Waals surface area contributed by atoms with Crippen LogP contribution in [0.2, 0.25) is 5.15 Å². The first-order chi connectivity index (χ1) is 9.88. The molecule has 0 atom stereocenters. The molecular formula is C15H17ClN4O. The van der Waals surface area contributed by atoms with Crippen LogP contribution < -0.4 is 16.0 Å². The van der Waals surface area contributed by atoms with E-state index in [0.29, 0.717) is 16.9 Å². The lowest BCUT2D eigenvalue weighted by atomic mass is 10.1. The van der Waals surface area contributed by atoms with Crippen LogP contribution in [0, 0.1) is 6.92 Å². The number of carbonyl (C=O) groups is 1. The molecule has 0 aliphatic carbocycles. The molecule has 0 aliphatic rings. The second-order valence-electron chi connectivity index (χ2n) is 4.98. The summed E-state index contributed by atoms with van der Waals surface area (Å²) in [5.74, 6) is -0.277. The number of anilines is 3. The van der Waals surface area contributed by atoms with Crippen LogP contribution in [-0.2, 0) is 0 Å². The van der Waals surface area contributed by atoms with Gasteiger partial charge in [0.1, 0.15) is 0 Å². The van der Waals surface area contributed by atoms with Gasteiger partial charge in [-0.3, -0.25) is 4.79 Å². The molecule has 3 N–H and O–H groups in total. The van der Waals surface area contributed by atoms with Gasteiger partial charge in [0.15, 0.2) is 5.15 Å². The number of halogens is 1. The van der Waals surface area contributed by atoms with Gasteiger partial charge in [0, 0.05) is 31.7 Å². The molecule has 0 radical (unpaired) electrons. The topological polar surface area (TPSA) is 71.2 Å². The second kappa shape index (κ2) is 6.01. The molecule has 1 heterocycles. The Balaban J connectivity index is 2.36. The highest BCUT2D eigenvalue weighted by atomic mass is 35.5. The van der Waals surface area contributed by atoms with Crippen LogP contribution in [0.25, 0.3) is 0 Å². The molecule has 0 aliphatic heterocycles. The molecule has 110 valence electrons. The monoisotopic (exact) mass is 304 g/mol. The Bertz CT molecular complexity index is 685. The fraction of sp³-hybridized carbons (Fsp3) is 0.200. The molecule has 21 heavy (non-hydrogen) atoms. The highest BCUT2D eigenvalue weighted by molar-refractivity contribution is 6.32. The molecular weight excluding hydrogens is 288 g/mol. The Kier molecular flexibility index (Phi) is 4.33. The van der Waals surface area contributed by atoms with Crippen LogP contribution in [0.3, 0.4) is 0 Å². The Morgan fingerprint density at radius 1 is 1.33 bits per heavy atom. The largest absolute Gasteiger partial charge is 0.399 e. The van der Waals surface area contributed by atoms with Gasteiger partial charge in [-0.15, -0.1) is 0 Å². The van der Waals surface area contributed by atoms with Gasteiger partial charge in [-0.2, -0.15) is 0 Å². The molecule has 0 saturated carbocycles. The molecule has 1 amide bonds. The summed E-state index contributed by atoms with van der Waals surface area (Å²) in [6.07, 6.45) is 1.64. The van der Waals surface area contributed by atoms with Gasteiger partial charge >= 0.3 is 0 Å². The number of nitrogens with two attached hydrogens (primary N) is 1. The zero-order chi connectivity index (χ0) is 15.6. The van der Waals surface area contributed by atoms with E-state index in [9.17, 15) is 4.79 Å². The molecule has 1 aromatic carbocycles. The third-order valence-corrected chi connectivity index (χ3v) is 3.27. The second-order valence-corrected chi connectivity index (χ2v) is 5.33. The molecule has 5 nitrogen and oxygen atoms in total. The number of carbonyl (C=O) groups excluding carboxylic acids is 1. The molecule has 2 rings (SSSR count). The van der Waals surface area contributed by atoms with Crippen molar-refractivity contribution in [2.75, 3.05) is 30.0 Å². The smallest absolute Gasteiger partial charge is 0.257 e. The van der Waals surface area contributed by atoms with Crippen molar-refractivity contribution >= 4 is 34.6 Å². The number of aryl methyl sites for hydroxylation is 1. The minimum atomic E-state index is -0.277. The van der Waals surface area contributed by atoms with Crippen molar-refractivity contribution in [3.8, 4) is 0 Å². The third-order valence-electron chi connectivity index (χ3n) is 2.97. The predicted molar refractivity (Wildman–Crippen MR) is 87.1 cm³/mol. The summed E-state index contributed by atoms with van der Waals surface area (Å²) in [6, 6.07) is 6.98. The number of benzene rings is 1. The van der Waals surface area contributed by atoms with E-state index in [-0.39, 0.29) is 11.1 Å². The molecule has 0 fully saturated rings. The fourth-order valence-electron chi connectivity index (χ4n) is 1.96. The van der Waals surface area contributed by atoms with Gasteiger partial charge < -0.3 is 16.0 Å². The number of nitrogen functional groups attached to an aromatic ring is 1. The normalized spacial score (nSPS) is 10.3. The molecule has 2 aromatic rings. The summed E-state index contributed by atoms with van der Waals surface area (Å²) < 4.78 is 0. The number of hydrogen-bond donors (Lipinski definition) is 2. The number of amides is 1. The van der Waals surface area contributed by atoms with E-state index in [1.54, 1.807) is 30.5 Å². The van der Waals surface area contributed by atoms with E-state index in [0.717, 1.165) is 11.3 Å². The van der Waals surface area contributed by atoms with Gasteiger partial charge in [0.25, 0.3) is 5.91 Å². The minimum Gasteiger partial charge on any atom is -0.399 e. The highest BCUT2D eigenvalue weighted by Gasteiger charge is 2.15. The summed E-state index contributed by atoms with van der Waals surface area (Å²) in [6.45, 7) is 1.88. The zero-order valence-electron chi connectivity index (χ0n) is 12.1. The van der Waals surface area contributed by atoms with Crippen molar-refractivity contribution in [2.45, 2.75) is 6.92 Å². The van der Waals surface area contributed by atoms with E-state index in [1.807, 2.05) is 25.9 Å². The predicted octanol–water partition coefficient (Wildman–Crippen LogP) is 2.94. The van der Waals surface area contributed by atoms with Crippen LogP contribution in [-0.4, -0.2) is 25.0 Å². The number of hydrogen-bond acceptors (Lipinski definition) is 4. The first kappa shape index (κ1) is 15.1. The highest BCUT2D eigenvalue weighted by Crippen LogP contribution is 2.25. The lowest BCUT2D eigenvalue weighted by molar-refractivity contribution is 0.102. The van der Waals surface area contributed by atoms with Crippen molar-refractivity contribution in [3.05, 3.63) is 46.7 Å². The van der Waals surface area contributed by atoms with Gasteiger partial charge in [-0.05, 0) is 36.8 Å². The summed E-state index contributed by atoms with van der Waals surface area (Å²) in [7, 11) is 3.73. The first-order valence-electron chi connectivity index (χ1n) is 6.39.